The van der Waals surface area contributed by atoms with Crippen molar-refractivity contribution in [3.63, 3.8) is 0 Å². The van der Waals surface area contributed by atoms with Crippen molar-refractivity contribution in [2.75, 3.05) is 11.9 Å². The quantitative estimate of drug-likeness (QED) is 0.520. The molecule has 0 spiro atoms. The van der Waals surface area contributed by atoms with E-state index in [9.17, 15) is 27.9 Å². The minimum Gasteiger partial charge on any atom is -0.393 e. The fraction of sp³-hybridized carbons (Fsp3) is 0.259. The van der Waals surface area contributed by atoms with Crippen LogP contribution >= 0.6 is 0 Å². The minimum absolute atomic E-state index is 0.0851. The van der Waals surface area contributed by atoms with Crippen LogP contribution in [0.1, 0.15) is 40.4 Å². The molecule has 0 saturated heterocycles. The van der Waals surface area contributed by atoms with Crippen LogP contribution in [-0.4, -0.2) is 34.5 Å². The third-order valence-corrected chi connectivity index (χ3v) is 5.99. The van der Waals surface area contributed by atoms with Crippen LogP contribution in [0.25, 0.3) is 11.1 Å². The standard InChI is InChI=1S/C27H25F3N2O3/c1-17(33)14-25(34)32-13-12-19-15-22(11-8-20(19)16-32)31-26(35)24-5-3-2-4-23(24)18-6-9-21(10-7-18)27(28,29)30/h2-11,15,17,33H,12-14,16H2,1H3,(H,31,35). The zero-order valence-electron chi connectivity index (χ0n) is 19.1. The molecule has 2 N–H and O–H groups in total. The van der Waals surface area contributed by atoms with E-state index in [1.807, 2.05) is 12.1 Å². The molecule has 1 atom stereocenters. The molecule has 4 rings (SSSR count). The molecule has 2 amide bonds. The van der Waals surface area contributed by atoms with Crippen LogP contribution in [0, 0.1) is 0 Å². The van der Waals surface area contributed by atoms with Gasteiger partial charge in [-0.15, -0.1) is 0 Å². The first kappa shape index (κ1) is 24.5. The summed E-state index contributed by atoms with van der Waals surface area (Å²) in [5.74, 6) is -0.465. The summed E-state index contributed by atoms with van der Waals surface area (Å²) in [7, 11) is 0. The smallest absolute Gasteiger partial charge is 0.393 e. The minimum atomic E-state index is -4.43. The molecule has 5 nitrogen and oxygen atoms in total. The number of hydrogen-bond donors (Lipinski definition) is 2. The second-order valence-electron chi connectivity index (χ2n) is 8.68. The first-order valence-corrected chi connectivity index (χ1v) is 11.3. The fourth-order valence-electron chi connectivity index (χ4n) is 4.20. The van der Waals surface area contributed by atoms with E-state index in [1.54, 1.807) is 42.2 Å². The lowest BCUT2D eigenvalue weighted by Gasteiger charge is -2.29. The van der Waals surface area contributed by atoms with Crippen LogP contribution < -0.4 is 5.32 Å². The number of nitrogens with one attached hydrogen (secondary N) is 1. The average molecular weight is 483 g/mol. The Hall–Kier alpha value is -3.65. The number of hydrogen-bond acceptors (Lipinski definition) is 3. The monoisotopic (exact) mass is 482 g/mol. The zero-order valence-corrected chi connectivity index (χ0v) is 19.1. The number of nitrogens with zero attached hydrogens (tertiary/aromatic N) is 1. The van der Waals surface area contributed by atoms with E-state index in [1.165, 1.54) is 12.1 Å². The van der Waals surface area contributed by atoms with Crippen molar-refractivity contribution >= 4 is 17.5 Å². The van der Waals surface area contributed by atoms with Crippen LogP contribution in [0.3, 0.4) is 0 Å². The van der Waals surface area contributed by atoms with Gasteiger partial charge in [0.2, 0.25) is 5.91 Å². The van der Waals surface area contributed by atoms with Crippen molar-refractivity contribution < 1.29 is 27.9 Å². The molecule has 1 unspecified atom stereocenters. The molecule has 1 aliphatic heterocycles. The summed E-state index contributed by atoms with van der Waals surface area (Å²) in [6.45, 7) is 2.57. The van der Waals surface area contributed by atoms with E-state index < -0.39 is 17.8 Å². The van der Waals surface area contributed by atoms with Gasteiger partial charge in [-0.1, -0.05) is 36.4 Å². The summed E-state index contributed by atoms with van der Waals surface area (Å²) >= 11 is 0. The Labute approximate surface area is 201 Å². The summed E-state index contributed by atoms with van der Waals surface area (Å²) in [6, 6.07) is 17.0. The summed E-state index contributed by atoms with van der Waals surface area (Å²) in [5.41, 5.74) is 3.25. The lowest BCUT2D eigenvalue weighted by Crippen LogP contribution is -2.37. The highest BCUT2D eigenvalue weighted by Crippen LogP contribution is 2.32. The van der Waals surface area contributed by atoms with E-state index in [2.05, 4.69) is 5.32 Å². The number of benzene rings is 3. The number of carbonyl (C=O) groups is 2. The van der Waals surface area contributed by atoms with Crippen molar-refractivity contribution in [3.05, 3.63) is 89.0 Å². The molecule has 1 aliphatic rings. The Morgan fingerprint density at radius 2 is 1.74 bits per heavy atom. The maximum absolute atomic E-state index is 13.1. The van der Waals surface area contributed by atoms with Crippen LogP contribution in [0.2, 0.25) is 0 Å². The normalized spacial score (nSPS) is 14.3. The van der Waals surface area contributed by atoms with Gasteiger partial charge in [0.15, 0.2) is 0 Å². The predicted molar refractivity (Wildman–Crippen MR) is 127 cm³/mol. The molecular weight excluding hydrogens is 457 g/mol. The van der Waals surface area contributed by atoms with Gasteiger partial charge in [-0.05, 0) is 65.9 Å². The second kappa shape index (κ2) is 9.92. The van der Waals surface area contributed by atoms with Crippen molar-refractivity contribution in [1.29, 1.82) is 0 Å². The number of carbonyl (C=O) groups excluding carboxylic acids is 2. The highest BCUT2D eigenvalue weighted by Gasteiger charge is 2.30. The Morgan fingerprint density at radius 3 is 2.43 bits per heavy atom. The number of halogens is 3. The lowest BCUT2D eigenvalue weighted by molar-refractivity contribution is -0.137. The summed E-state index contributed by atoms with van der Waals surface area (Å²) < 4.78 is 38.7. The Kier molecular flexibility index (Phi) is 6.93. The Morgan fingerprint density at radius 1 is 1.03 bits per heavy atom. The molecule has 0 radical (unpaired) electrons. The van der Waals surface area contributed by atoms with Crippen LogP contribution in [0.15, 0.2) is 66.7 Å². The second-order valence-corrected chi connectivity index (χ2v) is 8.68. The zero-order chi connectivity index (χ0) is 25.2. The number of aliphatic hydroxyl groups excluding tert-OH is 1. The SMILES string of the molecule is CC(O)CC(=O)N1CCc2cc(NC(=O)c3ccccc3-c3ccc(C(F)(F)F)cc3)ccc2C1. The lowest BCUT2D eigenvalue weighted by atomic mass is 9.97. The molecule has 1 heterocycles. The third kappa shape index (κ3) is 5.71. The van der Waals surface area contributed by atoms with Gasteiger partial charge >= 0.3 is 6.18 Å². The number of aliphatic hydroxyl groups is 1. The number of anilines is 1. The summed E-state index contributed by atoms with van der Waals surface area (Å²) in [4.78, 5) is 27.1. The molecular formula is C27H25F3N2O3. The van der Waals surface area contributed by atoms with Gasteiger partial charge in [-0.25, -0.2) is 0 Å². The molecule has 3 aromatic carbocycles. The molecule has 35 heavy (non-hydrogen) atoms. The van der Waals surface area contributed by atoms with Crippen LogP contribution in [0.5, 0.6) is 0 Å². The van der Waals surface area contributed by atoms with Crippen molar-refractivity contribution in [3.8, 4) is 11.1 Å². The number of rotatable bonds is 5. The molecule has 182 valence electrons. The Balaban J connectivity index is 1.50. The van der Waals surface area contributed by atoms with Crippen molar-refractivity contribution in [1.82, 2.24) is 4.90 Å². The highest BCUT2D eigenvalue weighted by molar-refractivity contribution is 6.08. The largest absolute Gasteiger partial charge is 0.416 e. The third-order valence-electron chi connectivity index (χ3n) is 5.99. The first-order valence-electron chi connectivity index (χ1n) is 11.3. The summed E-state index contributed by atoms with van der Waals surface area (Å²) in [5, 5.41) is 12.3. The molecule has 0 aliphatic carbocycles. The predicted octanol–water partition coefficient (Wildman–Crippen LogP) is 5.28. The topological polar surface area (TPSA) is 69.6 Å². The molecule has 0 fully saturated rings. The number of alkyl halides is 3. The van der Waals surface area contributed by atoms with Gasteiger partial charge < -0.3 is 15.3 Å². The van der Waals surface area contributed by atoms with Gasteiger partial charge in [0.25, 0.3) is 5.91 Å². The van der Waals surface area contributed by atoms with Crippen molar-refractivity contribution in [2.24, 2.45) is 0 Å². The summed E-state index contributed by atoms with van der Waals surface area (Å²) in [6.07, 6.45) is -4.40. The molecule has 0 saturated carbocycles. The average Bonchev–Trinajstić information content (AvgIpc) is 2.83. The number of amides is 2. The number of fused-ring (bicyclic) bond motifs is 1. The van der Waals surface area contributed by atoms with Gasteiger partial charge in [-0.3, -0.25) is 9.59 Å². The fourth-order valence-corrected chi connectivity index (χ4v) is 4.20. The van der Waals surface area contributed by atoms with E-state index >= 15 is 0 Å². The van der Waals surface area contributed by atoms with Gasteiger partial charge in [-0.2, -0.15) is 13.2 Å². The first-order chi connectivity index (χ1) is 16.6. The highest BCUT2D eigenvalue weighted by atomic mass is 19.4. The van der Waals surface area contributed by atoms with Gasteiger partial charge in [0.1, 0.15) is 0 Å². The maximum atomic E-state index is 13.1. The van der Waals surface area contributed by atoms with Crippen LogP contribution in [-0.2, 0) is 23.9 Å². The van der Waals surface area contributed by atoms with E-state index in [4.69, 9.17) is 0 Å². The Bertz CT molecular complexity index is 1240. The van der Waals surface area contributed by atoms with Crippen molar-refractivity contribution in [2.45, 2.75) is 38.6 Å². The molecule has 3 aromatic rings. The van der Waals surface area contributed by atoms with Gasteiger partial charge in [0.05, 0.1) is 18.1 Å². The molecule has 0 aromatic heterocycles. The maximum Gasteiger partial charge on any atom is 0.416 e. The van der Waals surface area contributed by atoms with E-state index in [0.717, 1.165) is 23.3 Å². The van der Waals surface area contributed by atoms with E-state index in [0.29, 0.717) is 41.9 Å². The molecule has 0 bridgehead atoms. The van der Waals surface area contributed by atoms with E-state index in [-0.39, 0.29) is 18.2 Å². The van der Waals surface area contributed by atoms with Crippen LogP contribution in [0.4, 0.5) is 18.9 Å². The molecule has 8 heteroatoms. The van der Waals surface area contributed by atoms with Gasteiger partial charge in [0, 0.05) is 24.3 Å².